The molecule has 3 aromatic carbocycles. The molecule has 1 aliphatic heterocycles. The van der Waals surface area contributed by atoms with E-state index >= 15 is 0 Å². The van der Waals surface area contributed by atoms with E-state index in [-0.39, 0.29) is 28.3 Å². The summed E-state index contributed by atoms with van der Waals surface area (Å²) in [6.45, 7) is 3.47. The SMILES string of the molecule is Cc1ccc(S(=O)(=O)OCC(=O)Nc2ccc(C(=O)NCCCCCC(=O)N3CCN(C4=CC(=O)c5ccccc5C4=O)CC3)cc2)cc1. The molecule has 1 aliphatic carbocycles. The van der Waals surface area contributed by atoms with Crippen molar-refractivity contribution in [3.05, 3.63) is 107 Å². The second-order valence-electron chi connectivity index (χ2n) is 11.9. The molecule has 0 atom stereocenters. The number of benzene rings is 3. The van der Waals surface area contributed by atoms with Crippen molar-refractivity contribution in [3.8, 4) is 0 Å². The fourth-order valence-electron chi connectivity index (χ4n) is 5.58. The minimum atomic E-state index is -4.08. The molecular weight excluding hydrogens is 648 g/mol. The molecule has 0 bridgehead atoms. The fourth-order valence-corrected chi connectivity index (χ4v) is 6.45. The van der Waals surface area contributed by atoms with Crippen molar-refractivity contribution in [2.75, 3.05) is 44.6 Å². The number of unbranched alkanes of at least 4 members (excludes halogenated alkanes) is 2. The molecule has 49 heavy (non-hydrogen) atoms. The van der Waals surface area contributed by atoms with Crippen LogP contribution in [0.5, 0.6) is 0 Å². The molecule has 1 saturated heterocycles. The minimum Gasteiger partial charge on any atom is -0.365 e. The summed E-state index contributed by atoms with van der Waals surface area (Å²) in [5.41, 5.74) is 2.88. The Bertz CT molecular complexity index is 1860. The van der Waals surface area contributed by atoms with E-state index < -0.39 is 22.6 Å². The van der Waals surface area contributed by atoms with E-state index in [1.807, 2.05) is 11.8 Å². The van der Waals surface area contributed by atoms with E-state index in [1.165, 1.54) is 30.3 Å². The van der Waals surface area contributed by atoms with Gasteiger partial charge in [0.25, 0.3) is 21.9 Å². The third kappa shape index (κ3) is 9.06. The summed E-state index contributed by atoms with van der Waals surface area (Å²) in [6.07, 6.45) is 3.91. The first kappa shape index (κ1) is 35.2. The molecule has 2 N–H and O–H groups in total. The molecule has 12 nitrogen and oxygen atoms in total. The summed E-state index contributed by atoms with van der Waals surface area (Å²) >= 11 is 0. The summed E-state index contributed by atoms with van der Waals surface area (Å²) in [5, 5.41) is 5.39. The van der Waals surface area contributed by atoms with Gasteiger partial charge in [0, 0.05) is 67.6 Å². The first-order valence-corrected chi connectivity index (χ1v) is 17.5. The van der Waals surface area contributed by atoms with Crippen molar-refractivity contribution >= 4 is 45.1 Å². The highest BCUT2D eigenvalue weighted by Crippen LogP contribution is 2.24. The van der Waals surface area contributed by atoms with E-state index in [9.17, 15) is 32.4 Å². The van der Waals surface area contributed by atoms with Crippen LogP contribution in [0.4, 0.5) is 5.69 Å². The van der Waals surface area contributed by atoms with Gasteiger partial charge in [0.15, 0.2) is 5.78 Å². The molecule has 2 aliphatic rings. The average Bonchev–Trinajstić information content (AvgIpc) is 3.11. The lowest BCUT2D eigenvalue weighted by Crippen LogP contribution is -2.49. The van der Waals surface area contributed by atoms with Gasteiger partial charge in [-0.2, -0.15) is 8.42 Å². The molecule has 13 heteroatoms. The number of rotatable bonds is 13. The van der Waals surface area contributed by atoms with Gasteiger partial charge in [-0.15, -0.1) is 0 Å². The molecular formula is C36H38N4O8S. The number of carbonyl (C=O) groups excluding carboxylic acids is 5. The monoisotopic (exact) mass is 686 g/mol. The topological polar surface area (TPSA) is 159 Å². The number of nitrogens with one attached hydrogen (secondary N) is 2. The van der Waals surface area contributed by atoms with Crippen LogP contribution in [0.25, 0.3) is 0 Å². The number of hydrogen-bond acceptors (Lipinski definition) is 9. The molecule has 3 aromatic rings. The molecule has 0 aromatic heterocycles. The van der Waals surface area contributed by atoms with Gasteiger partial charge in [-0.25, -0.2) is 0 Å². The van der Waals surface area contributed by atoms with Gasteiger partial charge in [-0.1, -0.05) is 48.4 Å². The highest BCUT2D eigenvalue weighted by Gasteiger charge is 2.31. The smallest absolute Gasteiger partial charge is 0.297 e. The zero-order chi connectivity index (χ0) is 35.0. The molecule has 5 rings (SSSR count). The predicted octanol–water partition coefficient (Wildman–Crippen LogP) is 3.74. The Morgan fingerprint density at radius 2 is 1.49 bits per heavy atom. The molecule has 0 saturated carbocycles. The number of aryl methyl sites for hydroxylation is 1. The molecule has 0 spiro atoms. The number of nitrogens with zero attached hydrogens (tertiary/aromatic N) is 2. The van der Waals surface area contributed by atoms with Crippen LogP contribution in [0.2, 0.25) is 0 Å². The van der Waals surface area contributed by atoms with Crippen LogP contribution in [0.15, 0.2) is 89.5 Å². The predicted molar refractivity (Wildman–Crippen MR) is 182 cm³/mol. The van der Waals surface area contributed by atoms with Crippen molar-refractivity contribution in [1.29, 1.82) is 0 Å². The summed E-state index contributed by atoms with van der Waals surface area (Å²) < 4.78 is 29.4. The Morgan fingerprint density at radius 1 is 0.816 bits per heavy atom. The highest BCUT2D eigenvalue weighted by atomic mass is 32.2. The lowest BCUT2D eigenvalue weighted by atomic mass is 9.92. The number of hydrogen-bond donors (Lipinski definition) is 2. The largest absolute Gasteiger partial charge is 0.365 e. The Hall–Kier alpha value is -5.14. The van der Waals surface area contributed by atoms with Crippen molar-refractivity contribution < 1.29 is 36.6 Å². The number of ketones is 2. The number of fused-ring (bicyclic) bond motifs is 1. The van der Waals surface area contributed by atoms with E-state index in [1.54, 1.807) is 53.4 Å². The average molecular weight is 687 g/mol. The highest BCUT2D eigenvalue weighted by molar-refractivity contribution is 7.86. The number of piperazine rings is 1. The van der Waals surface area contributed by atoms with Gasteiger partial charge in [0.2, 0.25) is 11.7 Å². The summed E-state index contributed by atoms with van der Waals surface area (Å²) in [5.74, 6) is -1.25. The number of Topliss-reactive ketones (excluding diaryl/α,β-unsaturated/α-hetero) is 1. The Kier molecular flexibility index (Phi) is 11.4. The van der Waals surface area contributed by atoms with Crippen LogP contribution in [-0.2, 0) is 23.9 Å². The summed E-state index contributed by atoms with van der Waals surface area (Å²) in [6, 6.07) is 19.1. The second kappa shape index (κ2) is 15.8. The molecule has 0 unspecified atom stereocenters. The maximum Gasteiger partial charge on any atom is 0.297 e. The number of allylic oxidation sites excluding steroid dienone is 2. The molecule has 1 heterocycles. The van der Waals surface area contributed by atoms with Crippen LogP contribution >= 0.6 is 0 Å². The van der Waals surface area contributed by atoms with Gasteiger partial charge >= 0.3 is 0 Å². The van der Waals surface area contributed by atoms with Crippen molar-refractivity contribution in [3.63, 3.8) is 0 Å². The van der Waals surface area contributed by atoms with Gasteiger partial charge in [-0.3, -0.25) is 28.2 Å². The molecule has 256 valence electrons. The maximum atomic E-state index is 13.0. The van der Waals surface area contributed by atoms with Crippen LogP contribution in [-0.4, -0.2) is 86.8 Å². The zero-order valence-electron chi connectivity index (χ0n) is 27.1. The van der Waals surface area contributed by atoms with Gasteiger partial charge < -0.3 is 20.4 Å². The normalized spacial score (nSPS) is 14.6. The van der Waals surface area contributed by atoms with Crippen LogP contribution in [0.1, 0.15) is 62.3 Å². The lowest BCUT2D eigenvalue weighted by molar-refractivity contribution is -0.132. The first-order valence-electron chi connectivity index (χ1n) is 16.1. The first-order chi connectivity index (χ1) is 23.5. The van der Waals surface area contributed by atoms with Crippen LogP contribution < -0.4 is 10.6 Å². The number of carbonyl (C=O) groups is 5. The maximum absolute atomic E-state index is 13.0. The van der Waals surface area contributed by atoms with E-state index in [2.05, 4.69) is 10.6 Å². The second-order valence-corrected chi connectivity index (χ2v) is 13.5. The fraction of sp³-hybridized carbons (Fsp3) is 0.306. The Balaban J connectivity index is 0.951. The molecule has 0 radical (unpaired) electrons. The van der Waals surface area contributed by atoms with Gasteiger partial charge in [0.1, 0.15) is 6.61 Å². The van der Waals surface area contributed by atoms with Crippen LogP contribution in [0, 0.1) is 6.92 Å². The minimum absolute atomic E-state index is 0.0410. The van der Waals surface area contributed by atoms with Crippen molar-refractivity contribution in [2.24, 2.45) is 0 Å². The lowest BCUT2D eigenvalue weighted by Gasteiger charge is -2.37. The van der Waals surface area contributed by atoms with E-state index in [0.29, 0.717) is 80.1 Å². The van der Waals surface area contributed by atoms with Crippen LogP contribution in [0.3, 0.4) is 0 Å². The third-order valence-electron chi connectivity index (χ3n) is 8.35. The van der Waals surface area contributed by atoms with Gasteiger partial charge in [-0.05, 0) is 56.2 Å². The molecule has 3 amide bonds. The van der Waals surface area contributed by atoms with Crippen molar-refractivity contribution in [2.45, 2.75) is 37.5 Å². The zero-order valence-corrected chi connectivity index (χ0v) is 28.0. The number of anilines is 1. The quantitative estimate of drug-likeness (QED) is 0.202. The van der Waals surface area contributed by atoms with Crippen molar-refractivity contribution in [1.82, 2.24) is 15.1 Å². The third-order valence-corrected chi connectivity index (χ3v) is 9.63. The Labute approximate surface area is 285 Å². The number of amides is 3. The Morgan fingerprint density at radius 3 is 2.18 bits per heavy atom. The standard InChI is InChI=1S/C36H38N4O8S/c1-25-10-16-28(17-11-25)49(46,47)48-24-33(42)38-27-14-12-26(13-15-27)36(45)37-18-6-2-3-9-34(43)40-21-19-39(20-22-40)31-23-32(41)29-7-4-5-8-30(29)35(31)44/h4-5,7-8,10-17,23H,2-3,6,9,18-22,24H2,1H3,(H,37,45)(H,38,42). The molecule has 1 fully saturated rings. The van der Waals surface area contributed by atoms with E-state index in [0.717, 1.165) is 12.0 Å². The summed E-state index contributed by atoms with van der Waals surface area (Å²) in [4.78, 5) is 66.6. The summed E-state index contributed by atoms with van der Waals surface area (Å²) in [7, 11) is -4.08. The van der Waals surface area contributed by atoms with E-state index in [4.69, 9.17) is 4.18 Å². The van der Waals surface area contributed by atoms with Gasteiger partial charge in [0.05, 0.1) is 10.6 Å².